The monoisotopic (exact) mass is 324 g/mol. The van der Waals surface area contributed by atoms with Crippen molar-refractivity contribution < 1.29 is 14.7 Å². The van der Waals surface area contributed by atoms with Crippen molar-refractivity contribution in [2.75, 3.05) is 0 Å². The summed E-state index contributed by atoms with van der Waals surface area (Å²) in [6, 6.07) is 3.26. The van der Waals surface area contributed by atoms with Gasteiger partial charge in [0.25, 0.3) is 5.91 Å². The standard InChI is InChI=1S/C14H16N2O3S2/c1-14(2,3)11-10(20-7-16-11)12(17)15-6-8-4-5-9(21-8)13(18)19/h4-5,7H,6H2,1-3H3,(H,15,17)(H,18,19). The zero-order valence-electron chi connectivity index (χ0n) is 12.0. The number of hydrogen-bond donors (Lipinski definition) is 2. The van der Waals surface area contributed by atoms with Gasteiger partial charge >= 0.3 is 5.97 Å². The molecule has 0 atom stereocenters. The predicted molar refractivity (Wildman–Crippen MR) is 83.3 cm³/mol. The zero-order chi connectivity index (χ0) is 15.6. The number of carbonyl (C=O) groups excluding carboxylic acids is 1. The van der Waals surface area contributed by atoms with Crippen molar-refractivity contribution in [3.63, 3.8) is 0 Å². The van der Waals surface area contributed by atoms with Gasteiger partial charge in [0.05, 0.1) is 17.7 Å². The predicted octanol–water partition coefficient (Wildman–Crippen LogP) is 3.13. The minimum atomic E-state index is -0.949. The van der Waals surface area contributed by atoms with Gasteiger partial charge in [-0.2, -0.15) is 0 Å². The number of thiazole rings is 1. The molecule has 2 heterocycles. The maximum Gasteiger partial charge on any atom is 0.345 e. The topological polar surface area (TPSA) is 79.3 Å². The molecule has 0 spiro atoms. The van der Waals surface area contributed by atoms with E-state index >= 15 is 0 Å². The highest BCUT2D eigenvalue weighted by atomic mass is 32.1. The molecule has 2 aromatic heterocycles. The molecule has 0 radical (unpaired) electrons. The van der Waals surface area contributed by atoms with E-state index in [0.29, 0.717) is 11.4 Å². The number of hydrogen-bond acceptors (Lipinski definition) is 5. The second kappa shape index (κ2) is 5.95. The van der Waals surface area contributed by atoms with Gasteiger partial charge < -0.3 is 10.4 Å². The van der Waals surface area contributed by atoms with Gasteiger partial charge in [-0.15, -0.1) is 22.7 Å². The number of aromatic nitrogens is 1. The molecule has 0 aliphatic rings. The molecule has 0 saturated carbocycles. The molecule has 112 valence electrons. The van der Waals surface area contributed by atoms with E-state index in [-0.39, 0.29) is 16.2 Å². The molecule has 0 aliphatic carbocycles. The van der Waals surface area contributed by atoms with Crippen LogP contribution in [0.25, 0.3) is 0 Å². The molecular weight excluding hydrogens is 308 g/mol. The molecule has 2 N–H and O–H groups in total. The SMILES string of the molecule is CC(C)(C)c1ncsc1C(=O)NCc1ccc(C(=O)O)s1. The fourth-order valence-electron chi connectivity index (χ4n) is 1.78. The van der Waals surface area contributed by atoms with E-state index in [4.69, 9.17) is 5.11 Å². The Labute approximate surface area is 130 Å². The highest BCUT2D eigenvalue weighted by Gasteiger charge is 2.24. The molecule has 7 heteroatoms. The summed E-state index contributed by atoms with van der Waals surface area (Å²) < 4.78 is 0. The Morgan fingerprint density at radius 2 is 2.05 bits per heavy atom. The highest BCUT2D eigenvalue weighted by molar-refractivity contribution is 7.14. The summed E-state index contributed by atoms with van der Waals surface area (Å²) in [7, 11) is 0. The molecule has 2 rings (SSSR count). The van der Waals surface area contributed by atoms with Crippen LogP contribution in [0.1, 0.15) is 50.7 Å². The van der Waals surface area contributed by atoms with E-state index < -0.39 is 5.97 Å². The molecular formula is C14H16N2O3S2. The molecule has 0 fully saturated rings. The van der Waals surface area contributed by atoms with Gasteiger partial charge in [0.2, 0.25) is 0 Å². The molecule has 0 aromatic carbocycles. The lowest BCUT2D eigenvalue weighted by Gasteiger charge is -2.17. The summed E-state index contributed by atoms with van der Waals surface area (Å²) in [5.41, 5.74) is 2.26. The molecule has 0 bridgehead atoms. The fourth-order valence-corrected chi connectivity index (χ4v) is 3.48. The minimum Gasteiger partial charge on any atom is -0.477 e. The molecule has 1 amide bonds. The first-order valence-corrected chi connectivity index (χ1v) is 8.03. The third-order valence-electron chi connectivity index (χ3n) is 2.78. The Kier molecular flexibility index (Phi) is 4.43. The van der Waals surface area contributed by atoms with E-state index in [1.165, 1.54) is 11.3 Å². The lowest BCUT2D eigenvalue weighted by molar-refractivity contribution is 0.0702. The Bertz CT molecular complexity index is 668. The highest BCUT2D eigenvalue weighted by Crippen LogP contribution is 2.27. The van der Waals surface area contributed by atoms with Crippen molar-refractivity contribution in [2.45, 2.75) is 32.7 Å². The molecule has 0 unspecified atom stereocenters. The summed E-state index contributed by atoms with van der Waals surface area (Å²) in [5.74, 6) is -1.12. The van der Waals surface area contributed by atoms with Crippen LogP contribution >= 0.6 is 22.7 Å². The number of aromatic carboxylic acids is 1. The fraction of sp³-hybridized carbons (Fsp3) is 0.357. The van der Waals surface area contributed by atoms with Gasteiger partial charge in [-0.1, -0.05) is 20.8 Å². The maximum atomic E-state index is 12.2. The Hall–Kier alpha value is -1.73. The largest absolute Gasteiger partial charge is 0.477 e. The second-order valence-electron chi connectivity index (χ2n) is 5.53. The van der Waals surface area contributed by atoms with E-state index in [2.05, 4.69) is 10.3 Å². The van der Waals surface area contributed by atoms with Crippen molar-refractivity contribution in [1.29, 1.82) is 0 Å². The van der Waals surface area contributed by atoms with Crippen molar-refractivity contribution >= 4 is 34.6 Å². The minimum absolute atomic E-state index is 0.173. The van der Waals surface area contributed by atoms with E-state index in [9.17, 15) is 9.59 Å². The lowest BCUT2D eigenvalue weighted by Crippen LogP contribution is -2.25. The van der Waals surface area contributed by atoms with Gasteiger partial charge in [0, 0.05) is 10.3 Å². The van der Waals surface area contributed by atoms with E-state index in [1.807, 2.05) is 20.8 Å². The Morgan fingerprint density at radius 1 is 1.33 bits per heavy atom. The molecule has 5 nitrogen and oxygen atoms in total. The van der Waals surface area contributed by atoms with Crippen LogP contribution in [0.2, 0.25) is 0 Å². The zero-order valence-corrected chi connectivity index (χ0v) is 13.6. The number of amides is 1. The average Bonchev–Trinajstić information content (AvgIpc) is 3.04. The second-order valence-corrected chi connectivity index (χ2v) is 7.56. The van der Waals surface area contributed by atoms with Crippen LogP contribution in [0.15, 0.2) is 17.6 Å². The van der Waals surface area contributed by atoms with Crippen LogP contribution < -0.4 is 5.32 Å². The van der Waals surface area contributed by atoms with Crippen molar-refractivity contribution in [1.82, 2.24) is 10.3 Å². The van der Waals surface area contributed by atoms with Gasteiger partial charge in [-0.25, -0.2) is 9.78 Å². The van der Waals surface area contributed by atoms with Crippen LogP contribution in [0.4, 0.5) is 0 Å². The number of carbonyl (C=O) groups is 2. The number of rotatable bonds is 4. The lowest BCUT2D eigenvalue weighted by atomic mass is 9.91. The summed E-state index contributed by atoms with van der Waals surface area (Å²) >= 11 is 2.48. The first kappa shape index (κ1) is 15.7. The molecule has 0 saturated heterocycles. The van der Waals surface area contributed by atoms with Crippen LogP contribution in [-0.4, -0.2) is 22.0 Å². The van der Waals surface area contributed by atoms with Gasteiger partial charge in [-0.05, 0) is 12.1 Å². The Balaban J connectivity index is 2.05. The van der Waals surface area contributed by atoms with Gasteiger partial charge in [0.15, 0.2) is 0 Å². The van der Waals surface area contributed by atoms with Gasteiger partial charge in [-0.3, -0.25) is 4.79 Å². The first-order chi connectivity index (χ1) is 9.79. The van der Waals surface area contributed by atoms with E-state index in [1.54, 1.807) is 17.6 Å². The van der Waals surface area contributed by atoms with Crippen LogP contribution in [0.3, 0.4) is 0 Å². The Morgan fingerprint density at radius 3 is 2.62 bits per heavy atom. The number of thiophene rings is 1. The van der Waals surface area contributed by atoms with Crippen molar-refractivity contribution in [2.24, 2.45) is 0 Å². The summed E-state index contributed by atoms with van der Waals surface area (Å²) in [6.45, 7) is 6.35. The van der Waals surface area contributed by atoms with Crippen LogP contribution in [0, 0.1) is 0 Å². The quantitative estimate of drug-likeness (QED) is 0.905. The molecule has 0 aliphatic heterocycles. The van der Waals surface area contributed by atoms with Crippen molar-refractivity contribution in [3.05, 3.63) is 38.0 Å². The third-order valence-corrected chi connectivity index (χ3v) is 4.68. The molecule has 21 heavy (non-hydrogen) atoms. The summed E-state index contributed by atoms with van der Waals surface area (Å²) in [4.78, 5) is 29.0. The average molecular weight is 324 g/mol. The normalized spacial score (nSPS) is 11.4. The first-order valence-electron chi connectivity index (χ1n) is 6.33. The summed E-state index contributed by atoms with van der Waals surface area (Å²) in [6.07, 6.45) is 0. The van der Waals surface area contributed by atoms with Gasteiger partial charge in [0.1, 0.15) is 9.75 Å². The smallest absolute Gasteiger partial charge is 0.345 e. The summed E-state index contributed by atoms with van der Waals surface area (Å²) in [5, 5.41) is 11.7. The van der Waals surface area contributed by atoms with Crippen LogP contribution in [0.5, 0.6) is 0 Å². The van der Waals surface area contributed by atoms with Crippen molar-refractivity contribution in [3.8, 4) is 0 Å². The third kappa shape index (κ3) is 3.68. The molecule has 2 aromatic rings. The number of carboxylic acid groups (broad SMARTS) is 1. The maximum absolute atomic E-state index is 12.2. The number of carboxylic acids is 1. The van der Waals surface area contributed by atoms with E-state index in [0.717, 1.165) is 21.9 Å². The number of nitrogens with one attached hydrogen (secondary N) is 1. The number of nitrogens with zero attached hydrogens (tertiary/aromatic N) is 1. The van der Waals surface area contributed by atoms with Crippen LogP contribution in [-0.2, 0) is 12.0 Å².